The predicted molar refractivity (Wildman–Crippen MR) is 56.5 cm³/mol. The summed E-state index contributed by atoms with van der Waals surface area (Å²) in [5.41, 5.74) is 5.16. The third-order valence-corrected chi connectivity index (χ3v) is 3.31. The molecule has 0 atom stereocenters. The van der Waals surface area contributed by atoms with Crippen molar-refractivity contribution in [2.45, 2.75) is 31.5 Å². The van der Waals surface area contributed by atoms with E-state index in [4.69, 9.17) is 5.73 Å². The van der Waals surface area contributed by atoms with Crippen molar-refractivity contribution in [2.75, 3.05) is 19.6 Å². The van der Waals surface area contributed by atoms with Crippen molar-refractivity contribution < 1.29 is 17.7 Å². The molecule has 0 amide bonds. The molecule has 1 fully saturated rings. The number of piperidine rings is 1. The summed E-state index contributed by atoms with van der Waals surface area (Å²) in [5.74, 6) is -1.38. The lowest BCUT2D eigenvalue weighted by Crippen LogP contribution is -2.48. The molecular formula is C10H15F3N4O. The summed E-state index contributed by atoms with van der Waals surface area (Å²) in [6.45, 7) is 4.38. The number of hydrogen-bond acceptors (Lipinski definition) is 5. The summed E-state index contributed by atoms with van der Waals surface area (Å²) < 4.78 is 41.3. The van der Waals surface area contributed by atoms with Crippen molar-refractivity contribution in [3.05, 3.63) is 11.7 Å². The molecule has 0 saturated carbocycles. The third-order valence-electron chi connectivity index (χ3n) is 3.31. The van der Waals surface area contributed by atoms with Gasteiger partial charge in [0, 0.05) is 13.1 Å². The summed E-state index contributed by atoms with van der Waals surface area (Å²) in [7, 11) is 0. The van der Waals surface area contributed by atoms with Crippen molar-refractivity contribution in [3.8, 4) is 0 Å². The van der Waals surface area contributed by atoms with Gasteiger partial charge in [0.25, 0.3) is 0 Å². The molecule has 1 aliphatic heterocycles. The fraction of sp³-hybridized carbons (Fsp3) is 0.800. The number of nitrogens with zero attached hydrogens (tertiary/aromatic N) is 3. The molecule has 0 aromatic carbocycles. The van der Waals surface area contributed by atoms with Crippen molar-refractivity contribution in [2.24, 2.45) is 5.73 Å². The summed E-state index contributed by atoms with van der Waals surface area (Å²) >= 11 is 0. The van der Waals surface area contributed by atoms with Gasteiger partial charge in [0.15, 0.2) is 5.82 Å². The lowest BCUT2D eigenvalue weighted by atomic mass is 9.88. The van der Waals surface area contributed by atoms with Crippen LogP contribution in [-0.2, 0) is 11.7 Å². The lowest BCUT2D eigenvalue weighted by molar-refractivity contribution is -0.159. The number of hydrogen-bond donors (Lipinski definition) is 1. The van der Waals surface area contributed by atoms with E-state index in [1.165, 1.54) is 0 Å². The molecule has 2 N–H and O–H groups in total. The Balaban J connectivity index is 2.14. The summed E-state index contributed by atoms with van der Waals surface area (Å²) in [5, 5.41) is 3.38. The molecule has 1 aromatic heterocycles. The van der Waals surface area contributed by atoms with Gasteiger partial charge in [-0.1, -0.05) is 12.1 Å². The number of rotatable bonds is 2. The Labute approximate surface area is 102 Å². The van der Waals surface area contributed by atoms with Crippen molar-refractivity contribution in [3.63, 3.8) is 0 Å². The molecule has 0 unspecified atom stereocenters. The molecule has 5 nitrogen and oxygen atoms in total. The standard InChI is InChI=1S/C10H15F3N4O/c1-2-17-5-3-9(14,4-6-17)7-15-8(18-16-7)10(11,12)13/h2-6,14H2,1H3. The molecule has 0 radical (unpaired) electrons. The Morgan fingerprint density at radius 2 is 2.00 bits per heavy atom. The van der Waals surface area contributed by atoms with Gasteiger partial charge in [-0.25, -0.2) is 0 Å². The second kappa shape index (κ2) is 4.51. The van der Waals surface area contributed by atoms with Gasteiger partial charge in [0.1, 0.15) is 0 Å². The maximum absolute atomic E-state index is 12.4. The highest BCUT2D eigenvalue weighted by molar-refractivity contribution is 5.07. The average molecular weight is 264 g/mol. The number of halogens is 3. The lowest BCUT2D eigenvalue weighted by Gasteiger charge is -2.36. The van der Waals surface area contributed by atoms with E-state index < -0.39 is 17.6 Å². The Morgan fingerprint density at radius 1 is 1.39 bits per heavy atom. The van der Waals surface area contributed by atoms with Gasteiger partial charge in [-0.05, 0) is 19.4 Å². The number of likely N-dealkylation sites (tertiary alicyclic amines) is 1. The van der Waals surface area contributed by atoms with Gasteiger partial charge >= 0.3 is 12.1 Å². The van der Waals surface area contributed by atoms with E-state index >= 15 is 0 Å². The number of aromatic nitrogens is 2. The first-order valence-corrected chi connectivity index (χ1v) is 5.78. The van der Waals surface area contributed by atoms with Crippen LogP contribution in [0.5, 0.6) is 0 Å². The summed E-state index contributed by atoms with van der Waals surface area (Å²) in [6, 6.07) is 0. The van der Waals surface area contributed by atoms with Crippen LogP contribution in [0, 0.1) is 0 Å². The Kier molecular flexibility index (Phi) is 3.33. The minimum absolute atomic E-state index is 0.0504. The van der Waals surface area contributed by atoms with Crippen LogP contribution in [0.15, 0.2) is 4.52 Å². The smallest absolute Gasteiger partial charge is 0.329 e. The highest BCUT2D eigenvalue weighted by Crippen LogP contribution is 2.32. The van der Waals surface area contributed by atoms with Gasteiger partial charge in [-0.3, -0.25) is 0 Å². The fourth-order valence-electron chi connectivity index (χ4n) is 2.03. The zero-order valence-corrected chi connectivity index (χ0v) is 10.00. The van der Waals surface area contributed by atoms with Crippen molar-refractivity contribution in [1.82, 2.24) is 15.0 Å². The van der Waals surface area contributed by atoms with Crippen LogP contribution in [0.4, 0.5) is 13.2 Å². The van der Waals surface area contributed by atoms with E-state index in [2.05, 4.69) is 19.6 Å². The molecule has 0 spiro atoms. The number of alkyl halides is 3. The van der Waals surface area contributed by atoms with E-state index in [0.717, 1.165) is 19.6 Å². The SMILES string of the molecule is CCN1CCC(N)(c2noc(C(F)(F)F)n2)CC1. The second-order valence-electron chi connectivity index (χ2n) is 4.51. The zero-order valence-electron chi connectivity index (χ0n) is 10.00. The first kappa shape index (κ1) is 13.3. The third kappa shape index (κ3) is 2.49. The summed E-state index contributed by atoms with van der Waals surface area (Å²) in [6.07, 6.45) is -3.57. The Bertz CT molecular complexity index is 410. The van der Waals surface area contributed by atoms with Gasteiger partial charge in [-0.15, -0.1) is 0 Å². The van der Waals surface area contributed by atoms with Gasteiger partial charge in [0.2, 0.25) is 0 Å². The van der Waals surface area contributed by atoms with E-state index in [9.17, 15) is 13.2 Å². The summed E-state index contributed by atoms with van der Waals surface area (Å²) in [4.78, 5) is 5.56. The van der Waals surface area contributed by atoms with E-state index in [-0.39, 0.29) is 5.82 Å². The van der Waals surface area contributed by atoms with Crippen molar-refractivity contribution >= 4 is 0 Å². The first-order valence-electron chi connectivity index (χ1n) is 5.78. The molecule has 2 heterocycles. The molecule has 1 aromatic rings. The molecule has 18 heavy (non-hydrogen) atoms. The highest BCUT2D eigenvalue weighted by atomic mass is 19.4. The van der Waals surface area contributed by atoms with Crippen LogP contribution in [0.25, 0.3) is 0 Å². The molecule has 8 heteroatoms. The van der Waals surface area contributed by atoms with E-state index in [1.54, 1.807) is 0 Å². The van der Waals surface area contributed by atoms with E-state index in [1.807, 2.05) is 6.92 Å². The Morgan fingerprint density at radius 3 is 2.44 bits per heavy atom. The highest BCUT2D eigenvalue weighted by Gasteiger charge is 2.42. The monoisotopic (exact) mass is 264 g/mol. The average Bonchev–Trinajstić information content (AvgIpc) is 2.79. The van der Waals surface area contributed by atoms with Crippen LogP contribution in [-0.4, -0.2) is 34.7 Å². The predicted octanol–water partition coefficient (Wildman–Crippen LogP) is 1.36. The molecule has 0 aliphatic carbocycles. The van der Waals surface area contributed by atoms with Crippen molar-refractivity contribution in [1.29, 1.82) is 0 Å². The number of nitrogens with two attached hydrogens (primary N) is 1. The van der Waals surface area contributed by atoms with Gasteiger partial charge < -0.3 is 15.2 Å². The van der Waals surface area contributed by atoms with Crippen LogP contribution in [0.3, 0.4) is 0 Å². The topological polar surface area (TPSA) is 68.2 Å². The van der Waals surface area contributed by atoms with Gasteiger partial charge in [0.05, 0.1) is 5.54 Å². The quantitative estimate of drug-likeness (QED) is 0.873. The molecular weight excluding hydrogens is 249 g/mol. The maximum atomic E-state index is 12.4. The minimum atomic E-state index is -4.62. The van der Waals surface area contributed by atoms with Crippen LogP contribution in [0.1, 0.15) is 31.5 Å². The maximum Gasteiger partial charge on any atom is 0.471 e. The van der Waals surface area contributed by atoms with Crippen LogP contribution < -0.4 is 5.73 Å². The van der Waals surface area contributed by atoms with Gasteiger partial charge in [-0.2, -0.15) is 18.2 Å². The molecule has 1 aliphatic rings. The molecule has 1 saturated heterocycles. The zero-order chi connectivity index (χ0) is 13.4. The second-order valence-corrected chi connectivity index (χ2v) is 4.51. The molecule has 102 valence electrons. The Hall–Kier alpha value is -1.15. The largest absolute Gasteiger partial charge is 0.471 e. The first-order chi connectivity index (χ1) is 8.35. The van der Waals surface area contributed by atoms with E-state index in [0.29, 0.717) is 12.8 Å². The van der Waals surface area contributed by atoms with Crippen LogP contribution >= 0.6 is 0 Å². The molecule has 0 bridgehead atoms. The van der Waals surface area contributed by atoms with Crippen LogP contribution in [0.2, 0.25) is 0 Å². The normalized spacial score (nSPS) is 21.2. The fourth-order valence-corrected chi connectivity index (χ4v) is 2.03. The molecule has 2 rings (SSSR count). The minimum Gasteiger partial charge on any atom is -0.329 e.